The summed E-state index contributed by atoms with van der Waals surface area (Å²) in [5.41, 5.74) is 1.22. The van der Waals surface area contributed by atoms with Crippen molar-refractivity contribution in [1.82, 2.24) is 9.66 Å². The van der Waals surface area contributed by atoms with Gasteiger partial charge in [-0.2, -0.15) is 0 Å². The smallest absolute Gasteiger partial charge is 0.206 e. The second kappa shape index (κ2) is 6.99. The van der Waals surface area contributed by atoms with Crippen LogP contribution in [0.25, 0.3) is 0 Å². The van der Waals surface area contributed by atoms with E-state index in [0.29, 0.717) is 5.56 Å². The van der Waals surface area contributed by atoms with Crippen molar-refractivity contribution in [2.45, 2.75) is 23.6 Å². The molecular formula is C14H14Cl2N2O4S2. The molecule has 0 aliphatic carbocycles. The molecule has 0 radical (unpaired) electrons. The van der Waals surface area contributed by atoms with Gasteiger partial charge in [0.1, 0.15) is 0 Å². The molecule has 24 heavy (non-hydrogen) atoms. The van der Waals surface area contributed by atoms with Crippen LogP contribution in [0.4, 0.5) is 0 Å². The fraction of sp³-hybridized carbons (Fsp3) is 0.143. The highest BCUT2D eigenvalue weighted by Crippen LogP contribution is 2.24. The van der Waals surface area contributed by atoms with Crippen LogP contribution in [0.5, 0.6) is 0 Å². The molecule has 2 N–H and O–H groups in total. The minimum absolute atomic E-state index is 0.0145. The Kier molecular flexibility index (Phi) is 5.58. The second-order valence-corrected chi connectivity index (χ2v) is 9.20. The first-order chi connectivity index (χ1) is 11.0. The largest absolute Gasteiger partial charge is 0.254 e. The van der Waals surface area contributed by atoms with E-state index in [4.69, 9.17) is 23.2 Å². The van der Waals surface area contributed by atoms with Crippen molar-refractivity contribution < 1.29 is 16.8 Å². The summed E-state index contributed by atoms with van der Waals surface area (Å²) in [6, 6.07) is 8.48. The predicted molar refractivity (Wildman–Crippen MR) is 93.0 cm³/mol. The zero-order chi connectivity index (χ0) is 18.1. The molecule has 0 saturated carbocycles. The van der Waals surface area contributed by atoms with E-state index in [1.807, 2.05) is 9.66 Å². The lowest BCUT2D eigenvalue weighted by Crippen LogP contribution is -2.41. The third kappa shape index (κ3) is 4.27. The van der Waals surface area contributed by atoms with E-state index < -0.39 is 20.0 Å². The predicted octanol–water partition coefficient (Wildman–Crippen LogP) is 2.78. The Balaban J connectivity index is 2.28. The molecule has 0 aromatic heterocycles. The standard InChI is InChI=1S/C14H14Cl2N2O4S2/c1-9-3-4-10(2)14(7-9)24(21,22)18-17-23(19,20)11-5-6-12(15)13(16)8-11/h3-8,17-18H,1-2H3. The van der Waals surface area contributed by atoms with Gasteiger partial charge in [0.15, 0.2) is 0 Å². The molecule has 10 heteroatoms. The molecule has 2 aromatic carbocycles. The molecule has 2 aromatic rings. The zero-order valence-electron chi connectivity index (χ0n) is 12.7. The van der Waals surface area contributed by atoms with Crippen LogP contribution < -0.4 is 9.66 Å². The van der Waals surface area contributed by atoms with Crippen LogP contribution in [0.1, 0.15) is 11.1 Å². The van der Waals surface area contributed by atoms with Crippen LogP contribution in [0.3, 0.4) is 0 Å². The van der Waals surface area contributed by atoms with E-state index >= 15 is 0 Å². The third-order valence-corrected chi connectivity index (χ3v) is 6.65. The number of hydrogen-bond acceptors (Lipinski definition) is 4. The van der Waals surface area contributed by atoms with Crippen LogP contribution in [0.15, 0.2) is 46.2 Å². The minimum atomic E-state index is -4.15. The topological polar surface area (TPSA) is 92.3 Å². The molecule has 0 bridgehead atoms. The van der Waals surface area contributed by atoms with Gasteiger partial charge >= 0.3 is 0 Å². The molecule has 0 aliphatic rings. The molecule has 0 spiro atoms. The minimum Gasteiger partial charge on any atom is -0.206 e. The Bertz CT molecular complexity index is 990. The summed E-state index contributed by atoms with van der Waals surface area (Å²) in [6.07, 6.45) is 0. The van der Waals surface area contributed by atoms with Gasteiger partial charge in [-0.25, -0.2) is 16.8 Å². The molecule has 0 saturated heterocycles. The lowest BCUT2D eigenvalue weighted by Gasteiger charge is -2.12. The maximum Gasteiger partial charge on any atom is 0.254 e. The molecular weight excluding hydrogens is 395 g/mol. The summed E-state index contributed by atoms with van der Waals surface area (Å²) in [7, 11) is -8.22. The Morgan fingerprint density at radius 2 is 1.42 bits per heavy atom. The van der Waals surface area contributed by atoms with Crippen molar-refractivity contribution in [3.8, 4) is 0 Å². The maximum absolute atomic E-state index is 12.3. The summed E-state index contributed by atoms with van der Waals surface area (Å²) >= 11 is 11.5. The monoisotopic (exact) mass is 408 g/mol. The lowest BCUT2D eigenvalue weighted by atomic mass is 10.2. The first-order valence-electron chi connectivity index (χ1n) is 6.59. The molecule has 0 unspecified atom stereocenters. The van der Waals surface area contributed by atoms with Gasteiger partial charge in [-0.15, -0.1) is 9.66 Å². The van der Waals surface area contributed by atoms with Crippen LogP contribution in [0, 0.1) is 13.8 Å². The van der Waals surface area contributed by atoms with E-state index in [1.165, 1.54) is 18.2 Å². The van der Waals surface area contributed by atoms with Gasteiger partial charge in [-0.3, -0.25) is 0 Å². The van der Waals surface area contributed by atoms with E-state index in [9.17, 15) is 16.8 Å². The van der Waals surface area contributed by atoms with Gasteiger partial charge in [0.2, 0.25) is 0 Å². The first kappa shape index (κ1) is 19.2. The summed E-state index contributed by atoms with van der Waals surface area (Å²) in [5, 5.41) is 0.225. The summed E-state index contributed by atoms with van der Waals surface area (Å²) in [4.78, 5) is 3.48. The quantitative estimate of drug-likeness (QED) is 0.743. The molecule has 2 rings (SSSR count). The molecule has 0 amide bonds. The summed E-state index contributed by atoms with van der Waals surface area (Å²) in [5.74, 6) is 0. The lowest BCUT2D eigenvalue weighted by molar-refractivity contribution is 0.557. The Morgan fingerprint density at radius 3 is 2.04 bits per heavy atom. The normalized spacial score (nSPS) is 12.3. The number of nitrogens with one attached hydrogen (secondary N) is 2. The number of halogens is 2. The highest BCUT2D eigenvalue weighted by atomic mass is 35.5. The second-order valence-electron chi connectivity index (χ2n) is 5.06. The highest BCUT2D eigenvalue weighted by Gasteiger charge is 2.22. The van der Waals surface area contributed by atoms with Crippen LogP contribution in [-0.4, -0.2) is 16.8 Å². The number of sulfonamides is 2. The van der Waals surface area contributed by atoms with Crippen molar-refractivity contribution in [2.75, 3.05) is 0 Å². The molecule has 0 heterocycles. The average molecular weight is 409 g/mol. The highest BCUT2D eigenvalue weighted by molar-refractivity contribution is 7.92. The van der Waals surface area contributed by atoms with Crippen LogP contribution in [0.2, 0.25) is 10.0 Å². The number of hydrogen-bond donors (Lipinski definition) is 2. The van der Waals surface area contributed by atoms with Gasteiger partial charge in [-0.05, 0) is 49.2 Å². The summed E-state index contributed by atoms with van der Waals surface area (Å²) < 4.78 is 49.0. The molecule has 0 aliphatic heterocycles. The number of hydrazine groups is 1. The molecule has 0 fully saturated rings. The number of benzene rings is 2. The average Bonchev–Trinajstić information content (AvgIpc) is 2.50. The SMILES string of the molecule is Cc1ccc(C)c(S(=O)(=O)NNS(=O)(=O)c2ccc(Cl)c(Cl)c2)c1. The van der Waals surface area contributed by atoms with E-state index in [0.717, 1.165) is 11.6 Å². The van der Waals surface area contributed by atoms with Gasteiger partial charge in [0.05, 0.1) is 19.8 Å². The van der Waals surface area contributed by atoms with Crippen molar-refractivity contribution in [1.29, 1.82) is 0 Å². The Morgan fingerprint density at radius 1 is 0.792 bits per heavy atom. The van der Waals surface area contributed by atoms with Crippen LogP contribution in [-0.2, 0) is 20.0 Å². The molecule has 6 nitrogen and oxygen atoms in total. The van der Waals surface area contributed by atoms with Gasteiger partial charge in [0, 0.05) is 0 Å². The van der Waals surface area contributed by atoms with E-state index in [1.54, 1.807) is 26.0 Å². The Labute approximate surface area is 150 Å². The van der Waals surface area contributed by atoms with Crippen LogP contribution >= 0.6 is 23.2 Å². The van der Waals surface area contributed by atoms with E-state index in [-0.39, 0.29) is 19.8 Å². The fourth-order valence-corrected chi connectivity index (χ4v) is 4.69. The summed E-state index contributed by atoms with van der Waals surface area (Å²) in [6.45, 7) is 3.35. The number of rotatable bonds is 5. The third-order valence-electron chi connectivity index (χ3n) is 3.14. The first-order valence-corrected chi connectivity index (χ1v) is 10.3. The number of aryl methyl sites for hydroxylation is 2. The van der Waals surface area contributed by atoms with Gasteiger partial charge in [-0.1, -0.05) is 35.3 Å². The molecule has 0 atom stereocenters. The van der Waals surface area contributed by atoms with Crippen molar-refractivity contribution >= 4 is 43.2 Å². The molecule has 130 valence electrons. The van der Waals surface area contributed by atoms with Crippen molar-refractivity contribution in [3.63, 3.8) is 0 Å². The van der Waals surface area contributed by atoms with Gasteiger partial charge < -0.3 is 0 Å². The van der Waals surface area contributed by atoms with Gasteiger partial charge in [0.25, 0.3) is 20.0 Å². The Hall–Kier alpha value is -1.16. The fourth-order valence-electron chi connectivity index (χ4n) is 1.86. The maximum atomic E-state index is 12.3. The van der Waals surface area contributed by atoms with Crippen molar-refractivity contribution in [3.05, 3.63) is 57.6 Å². The zero-order valence-corrected chi connectivity index (χ0v) is 15.8. The van der Waals surface area contributed by atoms with Crippen molar-refractivity contribution in [2.24, 2.45) is 0 Å². The van der Waals surface area contributed by atoms with E-state index in [2.05, 4.69) is 0 Å².